The van der Waals surface area contributed by atoms with Crippen LogP contribution in [0.15, 0.2) is 24.3 Å². The molecular weight excluding hydrogens is 162 g/mol. The number of nitrogens with zero attached hydrogens (tertiary/aromatic N) is 1. The van der Waals surface area contributed by atoms with Gasteiger partial charge in [0.1, 0.15) is 0 Å². The first kappa shape index (κ1) is 8.73. The molecule has 13 heavy (non-hydrogen) atoms. The van der Waals surface area contributed by atoms with E-state index in [-0.39, 0.29) is 0 Å². The molecule has 0 radical (unpaired) electrons. The van der Waals surface area contributed by atoms with Crippen molar-refractivity contribution in [2.45, 2.75) is 26.4 Å². The Bertz CT molecular complexity index is 260. The molecule has 1 aliphatic rings. The summed E-state index contributed by atoms with van der Waals surface area (Å²) in [6.07, 6.45) is 1.08. The summed E-state index contributed by atoms with van der Waals surface area (Å²) in [6, 6.07) is 8.51. The predicted molar refractivity (Wildman–Crippen MR) is 51.9 cm³/mol. The molecule has 0 aromatic heterocycles. The van der Waals surface area contributed by atoms with Crippen LogP contribution in [0.1, 0.15) is 24.5 Å². The van der Waals surface area contributed by atoms with E-state index in [9.17, 15) is 0 Å². The number of hydrogen-bond donors (Lipinski definition) is 0. The van der Waals surface area contributed by atoms with E-state index in [2.05, 4.69) is 31.2 Å². The van der Waals surface area contributed by atoms with Gasteiger partial charge in [-0.15, -0.1) is 0 Å². The normalized spacial score (nSPS) is 16.1. The average Bonchev–Trinajstić information content (AvgIpc) is 2.57. The fraction of sp³-hybridized carbons (Fsp3) is 0.455. The van der Waals surface area contributed by atoms with Crippen molar-refractivity contribution in [1.29, 1.82) is 0 Å². The highest BCUT2D eigenvalue weighted by Gasteiger charge is 2.17. The quantitative estimate of drug-likeness (QED) is 0.702. The first-order chi connectivity index (χ1) is 6.40. The lowest BCUT2D eigenvalue weighted by Gasteiger charge is -2.13. The molecule has 0 saturated carbocycles. The summed E-state index contributed by atoms with van der Waals surface area (Å²) in [5.41, 5.74) is 2.80. The van der Waals surface area contributed by atoms with Crippen molar-refractivity contribution in [2.75, 3.05) is 6.61 Å². The smallest absolute Gasteiger partial charge is 0.0682 e. The fourth-order valence-corrected chi connectivity index (χ4v) is 1.61. The minimum Gasteiger partial charge on any atom is -0.298 e. The molecule has 0 N–H and O–H groups in total. The van der Waals surface area contributed by atoms with Gasteiger partial charge in [0.05, 0.1) is 6.61 Å². The summed E-state index contributed by atoms with van der Waals surface area (Å²) in [4.78, 5) is 5.57. The van der Waals surface area contributed by atoms with Crippen molar-refractivity contribution in [2.24, 2.45) is 0 Å². The minimum atomic E-state index is 0.827. The van der Waals surface area contributed by atoms with E-state index in [4.69, 9.17) is 4.84 Å². The maximum absolute atomic E-state index is 5.57. The molecule has 1 aromatic rings. The van der Waals surface area contributed by atoms with Crippen LogP contribution in [0.25, 0.3) is 0 Å². The first-order valence-corrected chi connectivity index (χ1v) is 4.85. The first-order valence-electron chi connectivity index (χ1n) is 4.85. The van der Waals surface area contributed by atoms with Crippen molar-refractivity contribution in [1.82, 2.24) is 5.06 Å². The third-order valence-corrected chi connectivity index (χ3v) is 2.29. The van der Waals surface area contributed by atoms with Crippen LogP contribution in [-0.4, -0.2) is 11.7 Å². The van der Waals surface area contributed by atoms with Crippen LogP contribution < -0.4 is 0 Å². The van der Waals surface area contributed by atoms with Gasteiger partial charge >= 0.3 is 0 Å². The van der Waals surface area contributed by atoms with Gasteiger partial charge in [-0.1, -0.05) is 31.2 Å². The molecule has 0 aliphatic carbocycles. The van der Waals surface area contributed by atoms with E-state index in [1.807, 2.05) is 5.06 Å². The second-order valence-corrected chi connectivity index (χ2v) is 3.40. The van der Waals surface area contributed by atoms with Crippen LogP contribution in [0.4, 0.5) is 0 Å². The monoisotopic (exact) mass is 177 g/mol. The zero-order valence-electron chi connectivity index (χ0n) is 7.99. The molecule has 0 amide bonds. The Morgan fingerprint density at radius 3 is 2.38 bits per heavy atom. The van der Waals surface area contributed by atoms with Crippen molar-refractivity contribution in [3.63, 3.8) is 0 Å². The summed E-state index contributed by atoms with van der Waals surface area (Å²) in [6.45, 7) is 4.84. The maximum Gasteiger partial charge on any atom is 0.0682 e. The summed E-state index contributed by atoms with van der Waals surface area (Å²) in [5.74, 6) is 0. The number of benzene rings is 1. The average molecular weight is 177 g/mol. The molecule has 0 spiro atoms. The number of fused-ring (bicyclic) bond motifs is 1. The Hall–Kier alpha value is -0.860. The third kappa shape index (κ3) is 1.90. The van der Waals surface area contributed by atoms with E-state index in [1.165, 1.54) is 11.1 Å². The second kappa shape index (κ2) is 3.90. The lowest BCUT2D eigenvalue weighted by Crippen LogP contribution is -2.17. The van der Waals surface area contributed by atoms with Crippen molar-refractivity contribution in [3.8, 4) is 0 Å². The van der Waals surface area contributed by atoms with E-state index < -0.39 is 0 Å². The summed E-state index contributed by atoms with van der Waals surface area (Å²) < 4.78 is 0. The SMILES string of the molecule is CCCON1Cc2ccccc2C1. The van der Waals surface area contributed by atoms with Crippen LogP contribution >= 0.6 is 0 Å². The number of hydroxylamine groups is 2. The lowest BCUT2D eigenvalue weighted by molar-refractivity contribution is -0.165. The zero-order valence-corrected chi connectivity index (χ0v) is 7.99. The van der Waals surface area contributed by atoms with Crippen LogP contribution in [0.3, 0.4) is 0 Å². The molecule has 0 saturated heterocycles. The van der Waals surface area contributed by atoms with Gasteiger partial charge in [-0.3, -0.25) is 4.84 Å². The van der Waals surface area contributed by atoms with Crippen LogP contribution in [0, 0.1) is 0 Å². The molecule has 0 fully saturated rings. The Labute approximate surface area is 79.1 Å². The van der Waals surface area contributed by atoms with Crippen molar-refractivity contribution in [3.05, 3.63) is 35.4 Å². The largest absolute Gasteiger partial charge is 0.298 e. The molecule has 1 aliphatic heterocycles. The van der Waals surface area contributed by atoms with E-state index in [1.54, 1.807) is 0 Å². The van der Waals surface area contributed by atoms with E-state index >= 15 is 0 Å². The topological polar surface area (TPSA) is 12.5 Å². The summed E-state index contributed by atoms with van der Waals surface area (Å²) in [5, 5.41) is 2.04. The molecule has 0 atom stereocenters. The van der Waals surface area contributed by atoms with Gasteiger partial charge in [0, 0.05) is 13.1 Å². The van der Waals surface area contributed by atoms with Crippen LogP contribution in [0.2, 0.25) is 0 Å². The Morgan fingerprint density at radius 2 is 1.85 bits per heavy atom. The molecular formula is C11H15NO. The highest BCUT2D eigenvalue weighted by Crippen LogP contribution is 2.21. The van der Waals surface area contributed by atoms with E-state index in [0.29, 0.717) is 0 Å². The Kier molecular flexibility index (Phi) is 2.62. The fourth-order valence-electron chi connectivity index (χ4n) is 1.61. The summed E-state index contributed by atoms with van der Waals surface area (Å²) >= 11 is 0. The standard InChI is InChI=1S/C11H15NO/c1-2-7-13-12-8-10-5-3-4-6-11(10)9-12/h3-6H,2,7-9H2,1H3. The molecule has 2 rings (SSSR count). The maximum atomic E-state index is 5.57. The van der Waals surface area contributed by atoms with Gasteiger partial charge in [0.25, 0.3) is 0 Å². The number of rotatable bonds is 3. The predicted octanol–water partition coefficient (Wildman–Crippen LogP) is 2.34. The zero-order chi connectivity index (χ0) is 9.10. The Balaban J connectivity index is 1.97. The van der Waals surface area contributed by atoms with Gasteiger partial charge < -0.3 is 0 Å². The second-order valence-electron chi connectivity index (χ2n) is 3.40. The highest BCUT2D eigenvalue weighted by molar-refractivity contribution is 5.29. The van der Waals surface area contributed by atoms with Gasteiger partial charge in [-0.2, -0.15) is 5.06 Å². The molecule has 70 valence electrons. The van der Waals surface area contributed by atoms with Crippen LogP contribution in [0.5, 0.6) is 0 Å². The van der Waals surface area contributed by atoms with Crippen molar-refractivity contribution >= 4 is 0 Å². The van der Waals surface area contributed by atoms with Crippen molar-refractivity contribution < 1.29 is 4.84 Å². The molecule has 0 bridgehead atoms. The number of hydrogen-bond acceptors (Lipinski definition) is 2. The Morgan fingerprint density at radius 1 is 1.23 bits per heavy atom. The molecule has 2 heteroatoms. The van der Waals surface area contributed by atoms with Crippen LogP contribution in [-0.2, 0) is 17.9 Å². The van der Waals surface area contributed by atoms with Gasteiger partial charge in [0.2, 0.25) is 0 Å². The summed E-state index contributed by atoms with van der Waals surface area (Å²) in [7, 11) is 0. The van der Waals surface area contributed by atoms with Gasteiger partial charge in [0.15, 0.2) is 0 Å². The molecule has 0 unspecified atom stereocenters. The lowest BCUT2D eigenvalue weighted by atomic mass is 10.1. The third-order valence-electron chi connectivity index (χ3n) is 2.29. The van der Waals surface area contributed by atoms with Gasteiger partial charge in [-0.05, 0) is 17.5 Å². The minimum absolute atomic E-state index is 0.827. The molecule has 1 aromatic carbocycles. The van der Waals surface area contributed by atoms with Gasteiger partial charge in [-0.25, -0.2) is 0 Å². The molecule has 2 nitrogen and oxygen atoms in total. The van der Waals surface area contributed by atoms with E-state index in [0.717, 1.165) is 26.1 Å². The highest BCUT2D eigenvalue weighted by atomic mass is 16.7. The molecule has 1 heterocycles.